The average Bonchev–Trinajstić information content (AvgIpc) is 3.50. The number of aliphatic hydroxyl groups excluding tert-OH is 1. The van der Waals surface area contributed by atoms with Crippen LogP contribution >= 0.6 is 11.6 Å². The maximum atomic E-state index is 14.3. The van der Waals surface area contributed by atoms with E-state index in [1.807, 2.05) is 38.1 Å². The Hall–Kier alpha value is -5.34. The standard InChI is InChI=1S/C28H32O7.C21H26ClNO.C4H4O4/c1-14(29)34-17-12-26(5)16(15-8-10-33-13-15)11-19-28(26,35-19)27(6)21(17)25(4)9-7-18(30)24(2,3)22(25)20(31)23(27)32;1-21(17-7-4-3-5-8-17,18-10-12-19(22)13-11-18)24-16-14-20-9-6-15-23(20)2;5-3(6)1-2-4(7)8/h7-10,13,16-17,19,21,31H,11-12H2,1-6H3;3-5,7-8,10-13,20H,6,9,14-16H2,1-2H3;1-2H,(H,5,6)(H,7,8). The third kappa shape index (κ3) is 8.40. The summed E-state index contributed by atoms with van der Waals surface area (Å²) < 4.78 is 24.4. The van der Waals surface area contributed by atoms with Crippen LogP contribution in [0.2, 0.25) is 5.02 Å². The number of Topliss-reactive ketones (excluding diaryl/α,β-unsaturated/α-hetero) is 1. The number of hydrogen-bond acceptors (Lipinski definition) is 11. The number of carbonyl (C=O) groups is 5. The van der Waals surface area contributed by atoms with E-state index in [4.69, 9.17) is 40.4 Å². The molecule has 10 atom stereocenters. The van der Waals surface area contributed by atoms with Gasteiger partial charge in [-0.1, -0.05) is 74.0 Å². The molecule has 3 N–H and O–H groups in total. The lowest BCUT2D eigenvalue weighted by Crippen LogP contribution is -2.70. The molecule has 4 aliphatic carbocycles. The number of aliphatic carboxylic acids is 2. The van der Waals surface area contributed by atoms with Crippen LogP contribution in [0.15, 0.2) is 113 Å². The third-order valence-corrected chi connectivity index (χ3v) is 16.2. The first-order valence-corrected chi connectivity index (χ1v) is 23.3. The fourth-order valence-corrected chi connectivity index (χ4v) is 13.1. The van der Waals surface area contributed by atoms with Crippen molar-refractivity contribution in [2.45, 2.75) is 116 Å². The number of carbonyl (C=O) groups excluding carboxylic acids is 3. The minimum Gasteiger partial charge on any atom is -0.504 e. The van der Waals surface area contributed by atoms with E-state index >= 15 is 0 Å². The molecule has 14 heteroatoms. The summed E-state index contributed by atoms with van der Waals surface area (Å²) in [4.78, 5) is 61.2. The van der Waals surface area contributed by atoms with E-state index in [1.165, 1.54) is 31.9 Å². The number of rotatable bonds is 10. The van der Waals surface area contributed by atoms with Crippen LogP contribution in [0.25, 0.3) is 0 Å². The highest BCUT2D eigenvalue weighted by atomic mass is 35.5. The molecule has 2 saturated heterocycles. The second-order valence-electron chi connectivity index (χ2n) is 20.1. The summed E-state index contributed by atoms with van der Waals surface area (Å²) in [5.41, 5.74) is -1.20. The zero-order chi connectivity index (χ0) is 48.9. The van der Waals surface area contributed by atoms with Gasteiger partial charge < -0.3 is 38.8 Å². The molecule has 9 rings (SSSR count). The number of carboxylic acids is 2. The van der Waals surface area contributed by atoms with Crippen molar-refractivity contribution in [2.75, 3.05) is 20.2 Å². The molecule has 6 aliphatic rings. The number of nitrogens with zero attached hydrogens (tertiary/aromatic N) is 1. The number of epoxide rings is 1. The molecule has 3 aromatic rings. The highest BCUT2D eigenvalue weighted by Crippen LogP contribution is 2.81. The number of ketones is 2. The van der Waals surface area contributed by atoms with Crippen molar-refractivity contribution < 1.29 is 57.9 Å². The number of aliphatic hydroxyl groups is 1. The van der Waals surface area contributed by atoms with E-state index in [2.05, 4.69) is 62.2 Å². The van der Waals surface area contributed by atoms with Gasteiger partial charge in [0.1, 0.15) is 17.3 Å². The summed E-state index contributed by atoms with van der Waals surface area (Å²) in [6.45, 7) is 14.9. The van der Waals surface area contributed by atoms with Crippen LogP contribution in [0.4, 0.5) is 0 Å². The molecular weight excluding hydrogens is 878 g/mol. The van der Waals surface area contributed by atoms with Crippen molar-refractivity contribution in [3.63, 3.8) is 0 Å². The Morgan fingerprint density at radius 2 is 1.60 bits per heavy atom. The highest BCUT2D eigenvalue weighted by Gasteiger charge is 2.89. The molecule has 2 aromatic carbocycles. The number of ether oxygens (including phenoxy) is 3. The molecule has 3 heterocycles. The fourth-order valence-electron chi connectivity index (χ4n) is 13.0. The van der Waals surface area contributed by atoms with Gasteiger partial charge in [-0.3, -0.25) is 14.4 Å². The minimum atomic E-state index is -1.26. The smallest absolute Gasteiger partial charge is 0.328 e. The van der Waals surface area contributed by atoms with Crippen LogP contribution in [-0.4, -0.2) is 93.7 Å². The predicted octanol–water partition coefficient (Wildman–Crippen LogP) is 9.25. The minimum absolute atomic E-state index is 0.0453. The SMILES string of the molecule is CC(=O)OC1CC2(C)C(c3ccoc3)CC3OC32C2(C)C(=O)C(O)=C3C(C)(C)C(=O)C=CC3(C)C12.CN1CCCC1CCOC(C)(c1ccccc1)c1ccc(Cl)cc1.O=C(O)C=CC(=O)O. The fraction of sp³-hybridized carbons (Fsp3) is 0.491. The number of hydrogen-bond donors (Lipinski definition) is 3. The number of carboxylic acid groups (broad SMARTS) is 2. The van der Waals surface area contributed by atoms with Crippen molar-refractivity contribution in [3.05, 3.63) is 131 Å². The molecular formula is C53H62ClNO12. The zero-order valence-corrected chi connectivity index (χ0v) is 40.2. The molecule has 0 radical (unpaired) electrons. The number of fused-ring (bicyclic) bond motifs is 3. The number of esters is 1. The second kappa shape index (κ2) is 18.3. The quantitative estimate of drug-likeness (QED) is 0.0990. The third-order valence-electron chi connectivity index (χ3n) is 16.0. The number of furan rings is 1. The monoisotopic (exact) mass is 939 g/mol. The van der Waals surface area contributed by atoms with Crippen molar-refractivity contribution in [2.24, 2.45) is 27.6 Å². The van der Waals surface area contributed by atoms with E-state index in [0.29, 0.717) is 36.6 Å². The summed E-state index contributed by atoms with van der Waals surface area (Å²) in [6.07, 6.45) is 11.9. The molecule has 4 fully saturated rings. The number of benzene rings is 2. The molecule has 1 aromatic heterocycles. The molecule has 67 heavy (non-hydrogen) atoms. The summed E-state index contributed by atoms with van der Waals surface area (Å²) in [7, 11) is 2.22. The molecule has 0 amide bonds. The predicted molar refractivity (Wildman–Crippen MR) is 249 cm³/mol. The number of allylic oxidation sites excluding steroid dienone is 4. The summed E-state index contributed by atoms with van der Waals surface area (Å²) in [5, 5.41) is 27.9. The largest absolute Gasteiger partial charge is 0.504 e. The van der Waals surface area contributed by atoms with Gasteiger partial charge in [-0.25, -0.2) is 9.59 Å². The topological polar surface area (TPSA) is 193 Å². The lowest BCUT2D eigenvalue weighted by molar-refractivity contribution is -0.200. The van der Waals surface area contributed by atoms with Gasteiger partial charge in [0.25, 0.3) is 0 Å². The molecule has 1 spiro atoms. The van der Waals surface area contributed by atoms with Gasteiger partial charge in [0.15, 0.2) is 11.5 Å². The Balaban J connectivity index is 0.000000180. The lowest BCUT2D eigenvalue weighted by Gasteiger charge is -2.64. The Bertz CT molecular complexity index is 2460. The van der Waals surface area contributed by atoms with Gasteiger partial charge in [0, 0.05) is 53.5 Å². The van der Waals surface area contributed by atoms with Gasteiger partial charge in [0.05, 0.1) is 29.5 Å². The first-order valence-electron chi connectivity index (χ1n) is 22.9. The van der Waals surface area contributed by atoms with E-state index in [-0.39, 0.29) is 23.6 Å². The van der Waals surface area contributed by atoms with E-state index < -0.39 is 68.6 Å². The van der Waals surface area contributed by atoms with Crippen LogP contribution in [0.5, 0.6) is 0 Å². The maximum absolute atomic E-state index is 14.3. The van der Waals surface area contributed by atoms with Crippen molar-refractivity contribution >= 4 is 41.1 Å². The molecule has 0 bridgehead atoms. The number of halogens is 1. The molecule has 13 nitrogen and oxygen atoms in total. The first kappa shape index (κ1) is 49.6. The Kier molecular flexibility index (Phi) is 13.5. The Labute approximate surface area is 396 Å². The molecule has 2 saturated carbocycles. The van der Waals surface area contributed by atoms with E-state index in [9.17, 15) is 29.1 Å². The normalized spacial score (nSPS) is 33.2. The van der Waals surface area contributed by atoms with E-state index in [1.54, 1.807) is 38.5 Å². The lowest BCUT2D eigenvalue weighted by atomic mass is 9.38. The van der Waals surface area contributed by atoms with Crippen LogP contribution < -0.4 is 0 Å². The van der Waals surface area contributed by atoms with E-state index in [0.717, 1.165) is 29.2 Å². The summed E-state index contributed by atoms with van der Waals surface area (Å²) >= 11 is 6.07. The molecule has 2 aliphatic heterocycles. The van der Waals surface area contributed by atoms with Crippen LogP contribution in [0, 0.1) is 27.6 Å². The highest BCUT2D eigenvalue weighted by molar-refractivity contribution is 6.30. The van der Waals surface area contributed by atoms with Gasteiger partial charge in [0.2, 0.25) is 5.78 Å². The number of likely N-dealkylation sites (tertiary alicyclic amines) is 1. The average molecular weight is 941 g/mol. The molecule has 10 unspecified atom stereocenters. The van der Waals surface area contributed by atoms with Gasteiger partial charge in [-0.15, -0.1) is 0 Å². The zero-order valence-electron chi connectivity index (χ0n) is 39.4. The molecule has 358 valence electrons. The van der Waals surface area contributed by atoms with Crippen molar-refractivity contribution in [1.29, 1.82) is 0 Å². The van der Waals surface area contributed by atoms with Crippen LogP contribution in [0.1, 0.15) is 103 Å². The summed E-state index contributed by atoms with van der Waals surface area (Å²) in [6, 6.07) is 21.0. The Morgan fingerprint density at radius 3 is 2.16 bits per heavy atom. The van der Waals surface area contributed by atoms with Crippen LogP contribution in [-0.2, 0) is 43.8 Å². The van der Waals surface area contributed by atoms with Gasteiger partial charge in [-0.2, -0.15) is 0 Å². The van der Waals surface area contributed by atoms with Gasteiger partial charge in [-0.05, 0) is 126 Å². The summed E-state index contributed by atoms with van der Waals surface area (Å²) in [5.74, 6) is -4.35. The first-order chi connectivity index (χ1) is 31.5. The van der Waals surface area contributed by atoms with Crippen molar-refractivity contribution in [3.8, 4) is 0 Å². The second-order valence-corrected chi connectivity index (χ2v) is 20.6. The Morgan fingerprint density at radius 1 is 0.955 bits per heavy atom. The van der Waals surface area contributed by atoms with Gasteiger partial charge >= 0.3 is 17.9 Å². The van der Waals surface area contributed by atoms with Crippen LogP contribution in [0.3, 0.4) is 0 Å². The maximum Gasteiger partial charge on any atom is 0.328 e. The van der Waals surface area contributed by atoms with Crippen molar-refractivity contribution in [1.82, 2.24) is 4.90 Å².